The number of nitrogens with one attached hydrogen (secondary N) is 3. The van der Waals surface area contributed by atoms with Gasteiger partial charge in [-0.3, -0.25) is 9.59 Å². The molecule has 0 saturated carbocycles. The van der Waals surface area contributed by atoms with Gasteiger partial charge in [0.1, 0.15) is 5.69 Å². The monoisotopic (exact) mass is 453 g/mol. The van der Waals surface area contributed by atoms with Crippen molar-refractivity contribution >= 4 is 46.0 Å². The summed E-state index contributed by atoms with van der Waals surface area (Å²) in [4.78, 5) is 65.1. The molecule has 1 amide bonds. The number of benzene rings is 2. The van der Waals surface area contributed by atoms with Gasteiger partial charge in [0, 0.05) is 5.69 Å². The van der Waals surface area contributed by atoms with Crippen LogP contribution in [0.4, 0.5) is 11.4 Å². The molecule has 3 aromatic rings. The molecule has 170 valence electrons. The lowest BCUT2D eigenvalue weighted by molar-refractivity contribution is -0.126. The lowest BCUT2D eigenvalue weighted by atomic mass is 10.1. The van der Waals surface area contributed by atoms with Crippen molar-refractivity contribution in [1.82, 2.24) is 9.97 Å². The van der Waals surface area contributed by atoms with E-state index in [1.165, 1.54) is 37.4 Å². The molecule has 1 atom stereocenters. The number of ether oxygens (including phenoxy) is 2. The summed E-state index contributed by atoms with van der Waals surface area (Å²) < 4.78 is 9.34. The Morgan fingerprint density at radius 3 is 2.30 bits per heavy atom. The van der Waals surface area contributed by atoms with Gasteiger partial charge in [-0.2, -0.15) is 10.2 Å². The Morgan fingerprint density at radius 1 is 0.939 bits per heavy atom. The number of hydrogen-bond acceptors (Lipinski definition) is 9. The summed E-state index contributed by atoms with van der Waals surface area (Å²) in [5, 5.41) is 10.2. The number of anilines is 1. The minimum Gasteiger partial charge on any atom is -0.465 e. The predicted molar refractivity (Wildman–Crippen MR) is 116 cm³/mol. The van der Waals surface area contributed by atoms with E-state index in [1.807, 2.05) is 0 Å². The Hall–Kier alpha value is -4.61. The van der Waals surface area contributed by atoms with Crippen LogP contribution in [0.15, 0.2) is 51.4 Å². The van der Waals surface area contributed by atoms with E-state index in [2.05, 4.69) is 30.3 Å². The van der Waals surface area contributed by atoms with E-state index >= 15 is 0 Å². The van der Waals surface area contributed by atoms with Gasteiger partial charge in [0.2, 0.25) is 6.04 Å². The maximum Gasteiger partial charge on any atom is 0.340 e. The molecule has 0 saturated heterocycles. The first-order chi connectivity index (χ1) is 15.7. The molecule has 3 rings (SSSR count). The van der Waals surface area contributed by atoms with Crippen molar-refractivity contribution in [3.05, 3.63) is 58.0 Å². The van der Waals surface area contributed by atoms with Gasteiger partial charge in [-0.25, -0.2) is 14.4 Å². The van der Waals surface area contributed by atoms with E-state index in [9.17, 15) is 24.0 Å². The average molecular weight is 453 g/mol. The Bertz CT molecular complexity index is 1340. The number of nitrogens with zero attached hydrogens (tertiary/aromatic N) is 2. The highest BCUT2D eigenvalue weighted by Gasteiger charge is 2.24. The van der Waals surface area contributed by atoms with Crippen LogP contribution in [-0.2, 0) is 19.1 Å². The van der Waals surface area contributed by atoms with Crippen molar-refractivity contribution in [3.63, 3.8) is 0 Å². The second-order valence-corrected chi connectivity index (χ2v) is 6.77. The highest BCUT2D eigenvalue weighted by molar-refractivity contribution is 6.10. The smallest absolute Gasteiger partial charge is 0.340 e. The van der Waals surface area contributed by atoms with Crippen molar-refractivity contribution in [1.29, 1.82) is 0 Å². The second kappa shape index (κ2) is 9.68. The maximum absolute atomic E-state index is 12.7. The van der Waals surface area contributed by atoms with E-state index in [4.69, 9.17) is 4.74 Å². The number of imidazole rings is 1. The molecule has 0 aliphatic rings. The molecule has 33 heavy (non-hydrogen) atoms. The fraction of sp³-hybridized carbons (Fsp3) is 0.190. The van der Waals surface area contributed by atoms with Crippen molar-refractivity contribution < 1.29 is 28.7 Å². The summed E-state index contributed by atoms with van der Waals surface area (Å²) >= 11 is 0. The number of methoxy groups -OCH3 is 2. The third kappa shape index (κ3) is 5.18. The van der Waals surface area contributed by atoms with Gasteiger partial charge in [-0.15, -0.1) is 0 Å². The van der Waals surface area contributed by atoms with Gasteiger partial charge in [-0.1, -0.05) is 0 Å². The van der Waals surface area contributed by atoms with E-state index in [0.29, 0.717) is 16.7 Å². The summed E-state index contributed by atoms with van der Waals surface area (Å²) in [6.07, 6.45) is 0. The molecule has 2 aromatic carbocycles. The van der Waals surface area contributed by atoms with Crippen LogP contribution < -0.4 is 11.0 Å². The number of azo groups is 1. The molecular weight excluding hydrogens is 434 g/mol. The maximum atomic E-state index is 12.7. The summed E-state index contributed by atoms with van der Waals surface area (Å²) in [6, 6.07) is 6.94. The molecule has 0 bridgehead atoms. The molecule has 0 aliphatic carbocycles. The number of Topliss-reactive ketones (excluding diaryl/α,β-unsaturated/α-hetero) is 1. The molecule has 0 fully saturated rings. The second-order valence-electron chi connectivity index (χ2n) is 6.77. The molecular formula is C21H19N5O7. The topological polar surface area (TPSA) is 172 Å². The molecule has 12 heteroatoms. The molecule has 12 nitrogen and oxygen atoms in total. The fourth-order valence-corrected chi connectivity index (χ4v) is 2.90. The normalized spacial score (nSPS) is 11.8. The third-order valence-electron chi connectivity index (χ3n) is 4.52. The Balaban J connectivity index is 1.90. The number of H-pyrrole nitrogens is 2. The zero-order valence-electron chi connectivity index (χ0n) is 17.8. The van der Waals surface area contributed by atoms with E-state index in [-0.39, 0.29) is 16.8 Å². The van der Waals surface area contributed by atoms with Crippen LogP contribution in [0.2, 0.25) is 0 Å². The molecule has 0 spiro atoms. The van der Waals surface area contributed by atoms with E-state index in [1.54, 1.807) is 6.07 Å². The number of amides is 1. The van der Waals surface area contributed by atoms with Crippen LogP contribution in [0.3, 0.4) is 0 Å². The quantitative estimate of drug-likeness (QED) is 0.279. The summed E-state index contributed by atoms with van der Waals surface area (Å²) in [6.45, 7) is 1.15. The van der Waals surface area contributed by atoms with Crippen molar-refractivity contribution in [3.8, 4) is 0 Å². The number of aromatic amines is 2. The van der Waals surface area contributed by atoms with Gasteiger partial charge >= 0.3 is 17.6 Å². The standard InChI is InChI=1S/C21H19N5O7/c1-10(27)17(18(28)22-12-5-7-14-16(9-12)24-21(31)23-14)26-25-15-8-11(19(29)32-2)4-6-13(15)20(30)33-3/h4-9,17H,1-3H3,(H,22,28)(H2,23,24,31)/t17-/m0/s1. The van der Waals surface area contributed by atoms with Crippen LogP contribution in [0, 0.1) is 0 Å². The van der Waals surface area contributed by atoms with Crippen LogP contribution in [0.25, 0.3) is 11.0 Å². The van der Waals surface area contributed by atoms with Crippen LogP contribution >= 0.6 is 0 Å². The van der Waals surface area contributed by atoms with Crippen molar-refractivity contribution in [2.24, 2.45) is 10.2 Å². The minimum absolute atomic E-state index is 0.0292. The van der Waals surface area contributed by atoms with Crippen molar-refractivity contribution in [2.45, 2.75) is 13.0 Å². The molecule has 1 heterocycles. The first kappa shape index (κ1) is 23.1. The van der Waals surface area contributed by atoms with Crippen molar-refractivity contribution in [2.75, 3.05) is 19.5 Å². The lowest BCUT2D eigenvalue weighted by Gasteiger charge is -2.10. The molecule has 3 N–H and O–H groups in total. The number of hydrogen-bond donors (Lipinski definition) is 3. The van der Waals surface area contributed by atoms with E-state index < -0.39 is 35.4 Å². The Kier molecular flexibility index (Phi) is 6.77. The number of rotatable bonds is 7. The summed E-state index contributed by atoms with van der Waals surface area (Å²) in [5.74, 6) is -2.83. The Labute approximate surface area is 186 Å². The SMILES string of the molecule is COC(=O)c1ccc(C(=O)OC)c(N=N[C@@H](C(C)=O)C(=O)Nc2ccc3[nH]c(=O)[nH]c3c2)c1. The molecule has 0 radical (unpaired) electrons. The van der Waals surface area contributed by atoms with Gasteiger partial charge < -0.3 is 24.8 Å². The van der Waals surface area contributed by atoms with Crippen LogP contribution in [-0.4, -0.2) is 53.9 Å². The number of fused-ring (bicyclic) bond motifs is 1. The summed E-state index contributed by atoms with van der Waals surface area (Å²) in [7, 11) is 2.35. The van der Waals surface area contributed by atoms with Crippen LogP contribution in [0.1, 0.15) is 27.6 Å². The minimum atomic E-state index is -1.54. The lowest BCUT2D eigenvalue weighted by Crippen LogP contribution is -2.31. The largest absolute Gasteiger partial charge is 0.465 e. The first-order valence-electron chi connectivity index (χ1n) is 9.48. The number of esters is 2. The number of carbonyl (C=O) groups excluding carboxylic acids is 4. The summed E-state index contributed by atoms with van der Waals surface area (Å²) in [5.41, 5.74) is 0.875. The Morgan fingerprint density at radius 2 is 1.64 bits per heavy atom. The number of carbonyl (C=O) groups is 4. The number of ketones is 1. The van der Waals surface area contributed by atoms with Gasteiger partial charge in [-0.05, 0) is 43.3 Å². The average Bonchev–Trinajstić information content (AvgIpc) is 3.17. The molecule has 1 aromatic heterocycles. The molecule has 0 aliphatic heterocycles. The third-order valence-corrected chi connectivity index (χ3v) is 4.52. The fourth-order valence-electron chi connectivity index (χ4n) is 2.90. The van der Waals surface area contributed by atoms with Gasteiger partial charge in [0.15, 0.2) is 5.78 Å². The zero-order chi connectivity index (χ0) is 24.1. The van der Waals surface area contributed by atoms with E-state index in [0.717, 1.165) is 14.0 Å². The zero-order valence-corrected chi connectivity index (χ0v) is 17.8. The highest BCUT2D eigenvalue weighted by Crippen LogP contribution is 2.24. The number of aromatic nitrogens is 2. The molecule has 0 unspecified atom stereocenters. The predicted octanol–water partition coefficient (Wildman–Crippen LogP) is 2.11. The van der Waals surface area contributed by atoms with Gasteiger partial charge in [0.25, 0.3) is 5.91 Å². The first-order valence-corrected chi connectivity index (χ1v) is 9.48. The highest BCUT2D eigenvalue weighted by atomic mass is 16.5. The van der Waals surface area contributed by atoms with Crippen LogP contribution in [0.5, 0.6) is 0 Å². The van der Waals surface area contributed by atoms with Gasteiger partial charge in [0.05, 0.1) is 36.4 Å².